The fourth-order valence-corrected chi connectivity index (χ4v) is 3.55. The van der Waals surface area contributed by atoms with Crippen molar-refractivity contribution in [2.24, 2.45) is 4.99 Å². The summed E-state index contributed by atoms with van der Waals surface area (Å²) in [6.07, 6.45) is 0. The molecule has 0 aliphatic carbocycles. The van der Waals surface area contributed by atoms with Crippen LogP contribution in [-0.2, 0) is 9.59 Å². The van der Waals surface area contributed by atoms with E-state index < -0.39 is 30.5 Å². The van der Waals surface area contributed by atoms with Crippen molar-refractivity contribution >= 4 is 35.4 Å². The summed E-state index contributed by atoms with van der Waals surface area (Å²) in [5.74, 6) is -0.180. The Kier molecular flexibility index (Phi) is 3.83. The van der Waals surface area contributed by atoms with Crippen LogP contribution in [0.2, 0.25) is 0 Å². The predicted octanol–water partition coefficient (Wildman–Crippen LogP) is -0.357. The fourth-order valence-electron chi connectivity index (χ4n) is 3.55. The lowest BCUT2D eigenvalue weighted by Gasteiger charge is -2.32. The van der Waals surface area contributed by atoms with Crippen molar-refractivity contribution in [1.29, 1.82) is 0 Å². The Labute approximate surface area is 154 Å². The highest BCUT2D eigenvalue weighted by molar-refractivity contribution is 6.24. The van der Waals surface area contributed by atoms with Gasteiger partial charge in [0.2, 0.25) is 11.9 Å². The van der Waals surface area contributed by atoms with Gasteiger partial charge in [0.05, 0.1) is 13.7 Å². The molecule has 0 radical (unpaired) electrons. The Morgan fingerprint density at radius 1 is 1.33 bits per heavy atom. The van der Waals surface area contributed by atoms with Crippen LogP contribution in [0, 0.1) is 0 Å². The maximum Gasteiger partial charge on any atom is 0.397 e. The molecule has 1 N–H and O–H groups in total. The van der Waals surface area contributed by atoms with Gasteiger partial charge in [0, 0.05) is 7.05 Å². The zero-order valence-electron chi connectivity index (χ0n) is 14.8. The number of likely N-dealkylation sites (N-methyl/N-ethyl adjacent to an activating group) is 1. The number of benzene rings is 1. The Morgan fingerprint density at radius 3 is 2.67 bits per heavy atom. The van der Waals surface area contributed by atoms with Crippen molar-refractivity contribution in [1.82, 2.24) is 9.80 Å². The number of urea groups is 1. The van der Waals surface area contributed by atoms with Gasteiger partial charge in [-0.05, 0) is 24.3 Å². The van der Waals surface area contributed by atoms with Gasteiger partial charge in [0.1, 0.15) is 24.5 Å². The van der Waals surface area contributed by atoms with Crippen molar-refractivity contribution in [3.05, 3.63) is 24.3 Å². The number of nitrogens with zero attached hydrogens (tertiary/aromatic N) is 5. The first kappa shape index (κ1) is 17.0. The first-order chi connectivity index (χ1) is 12.9. The van der Waals surface area contributed by atoms with Crippen molar-refractivity contribution in [2.45, 2.75) is 6.04 Å². The molecule has 140 valence electrons. The van der Waals surface area contributed by atoms with Gasteiger partial charge in [-0.25, -0.2) is 19.2 Å². The maximum atomic E-state index is 12.8. The molecule has 0 saturated carbocycles. The highest BCUT2D eigenvalue weighted by Gasteiger charge is 2.55. The summed E-state index contributed by atoms with van der Waals surface area (Å²) in [5.41, 5.74) is 0.889. The Bertz CT molecular complexity index is 907. The third-order valence-electron chi connectivity index (χ3n) is 4.87. The van der Waals surface area contributed by atoms with Crippen LogP contribution in [0.15, 0.2) is 29.3 Å². The highest BCUT2D eigenvalue weighted by atomic mass is 16.5. The molecule has 0 aromatic heterocycles. The van der Waals surface area contributed by atoms with Crippen LogP contribution in [0.5, 0.6) is 5.75 Å². The number of ether oxygens (including phenoxy) is 1. The van der Waals surface area contributed by atoms with E-state index in [9.17, 15) is 14.4 Å². The number of hydrogen-bond acceptors (Lipinski definition) is 6. The summed E-state index contributed by atoms with van der Waals surface area (Å²) in [4.78, 5) is 44.7. The van der Waals surface area contributed by atoms with Gasteiger partial charge in [-0.2, -0.15) is 0 Å². The molecule has 3 aliphatic heterocycles. The third-order valence-corrected chi connectivity index (χ3v) is 4.87. The topological polar surface area (TPSA) is 106 Å². The zero-order chi connectivity index (χ0) is 19.3. The summed E-state index contributed by atoms with van der Waals surface area (Å²) in [6.45, 7) is 0.490. The number of imide groups is 1. The summed E-state index contributed by atoms with van der Waals surface area (Å²) < 4.78 is 6.98. The number of carboxylic acid groups (broad SMARTS) is 1. The summed E-state index contributed by atoms with van der Waals surface area (Å²) in [6, 6.07) is 5.99. The molecule has 10 heteroatoms. The first-order valence-electron chi connectivity index (χ1n) is 8.37. The number of aliphatic carboxylic acids is 1. The number of hydrogen-bond donors (Lipinski definition) is 1. The van der Waals surface area contributed by atoms with Gasteiger partial charge in [0.15, 0.2) is 0 Å². The molecule has 1 aromatic rings. The van der Waals surface area contributed by atoms with Crippen molar-refractivity contribution in [3.63, 3.8) is 0 Å². The molecular weight excluding hydrogens is 354 g/mol. The lowest BCUT2D eigenvalue weighted by atomic mass is 10.1. The van der Waals surface area contributed by atoms with Crippen LogP contribution in [0.4, 0.5) is 10.5 Å². The van der Waals surface area contributed by atoms with E-state index in [-0.39, 0.29) is 0 Å². The molecule has 4 rings (SSSR count). The Balaban J connectivity index is 1.69. The minimum atomic E-state index is -1.24. The van der Waals surface area contributed by atoms with Crippen LogP contribution in [-0.4, -0.2) is 89.0 Å². The molecule has 1 unspecified atom stereocenters. The summed E-state index contributed by atoms with van der Waals surface area (Å²) in [7, 11) is 3.09. The number of anilines is 1. The molecule has 1 atom stereocenters. The Hall–Kier alpha value is -3.43. The quantitative estimate of drug-likeness (QED) is 0.724. The lowest BCUT2D eigenvalue weighted by molar-refractivity contribution is -0.525. The van der Waals surface area contributed by atoms with Gasteiger partial charge < -0.3 is 9.84 Å². The fraction of sp³-hybridized carbons (Fsp3) is 0.353. The van der Waals surface area contributed by atoms with E-state index in [1.807, 2.05) is 29.2 Å². The monoisotopic (exact) mass is 372 g/mol. The number of amides is 3. The number of aliphatic imine (C=N–C) groups is 1. The molecule has 3 aliphatic rings. The average Bonchev–Trinajstić information content (AvgIpc) is 3.22. The number of carbonyl (C=O) groups excluding carboxylic acids is 2. The second kappa shape index (κ2) is 6.08. The minimum absolute atomic E-state index is 0.319. The van der Waals surface area contributed by atoms with E-state index in [2.05, 4.69) is 4.99 Å². The number of amidine groups is 1. The molecule has 0 bridgehead atoms. The predicted molar refractivity (Wildman–Crippen MR) is 94.2 cm³/mol. The van der Waals surface area contributed by atoms with Gasteiger partial charge in [0.25, 0.3) is 5.91 Å². The van der Waals surface area contributed by atoms with E-state index in [0.29, 0.717) is 24.9 Å². The van der Waals surface area contributed by atoms with Crippen molar-refractivity contribution in [2.75, 3.05) is 38.7 Å². The first-order valence-corrected chi connectivity index (χ1v) is 8.37. The van der Waals surface area contributed by atoms with Crippen LogP contribution < -0.4 is 9.64 Å². The SMILES string of the molecule is COc1ccc(N2CC[N+]3=C2N=C2C3C(=O)N(CC(=O)O)C(=O)N2C)cc1. The molecule has 3 heterocycles. The van der Waals surface area contributed by atoms with Gasteiger partial charge >= 0.3 is 18.0 Å². The second-order valence-electron chi connectivity index (χ2n) is 6.38. The van der Waals surface area contributed by atoms with Crippen molar-refractivity contribution in [3.8, 4) is 5.75 Å². The van der Waals surface area contributed by atoms with Gasteiger partial charge in [-0.1, -0.05) is 4.99 Å². The van der Waals surface area contributed by atoms with E-state index in [1.54, 1.807) is 11.7 Å². The van der Waals surface area contributed by atoms with Crippen LogP contribution in [0.3, 0.4) is 0 Å². The lowest BCUT2D eigenvalue weighted by Crippen LogP contribution is -2.63. The zero-order valence-corrected chi connectivity index (χ0v) is 14.8. The highest BCUT2D eigenvalue weighted by Crippen LogP contribution is 2.27. The van der Waals surface area contributed by atoms with E-state index in [1.165, 1.54) is 11.9 Å². The van der Waals surface area contributed by atoms with Gasteiger partial charge in [-0.15, -0.1) is 0 Å². The molecule has 0 spiro atoms. The van der Waals surface area contributed by atoms with E-state index >= 15 is 0 Å². The number of carbonyl (C=O) groups is 3. The van der Waals surface area contributed by atoms with Crippen LogP contribution in [0.25, 0.3) is 0 Å². The molecular formula is C17H18N5O5+. The normalized spacial score (nSPS) is 21.5. The molecule has 1 fully saturated rings. The summed E-state index contributed by atoms with van der Waals surface area (Å²) >= 11 is 0. The van der Waals surface area contributed by atoms with Gasteiger partial charge in [-0.3, -0.25) is 14.5 Å². The minimum Gasteiger partial charge on any atom is -0.497 e. The summed E-state index contributed by atoms with van der Waals surface area (Å²) in [5, 5.41) is 9.02. The molecule has 1 saturated heterocycles. The number of fused-ring (bicyclic) bond motifs is 2. The molecule has 1 aromatic carbocycles. The molecule has 27 heavy (non-hydrogen) atoms. The third kappa shape index (κ3) is 2.52. The number of methoxy groups -OCH3 is 1. The molecule has 10 nitrogen and oxygen atoms in total. The largest absolute Gasteiger partial charge is 0.497 e. The number of rotatable bonds is 4. The molecule has 3 amide bonds. The number of carboxylic acids is 1. The second-order valence-corrected chi connectivity index (χ2v) is 6.38. The average molecular weight is 372 g/mol. The van der Waals surface area contributed by atoms with E-state index in [0.717, 1.165) is 16.3 Å². The smallest absolute Gasteiger partial charge is 0.397 e. The van der Waals surface area contributed by atoms with E-state index in [4.69, 9.17) is 9.84 Å². The van der Waals surface area contributed by atoms with Crippen molar-refractivity contribution < 1.29 is 28.8 Å². The van der Waals surface area contributed by atoms with Crippen LogP contribution >= 0.6 is 0 Å². The standard InChI is InChI=1S/C17H17N5O5/c1-19-14-13(15(25)22(17(19)26)9-12(23)24)21-8-7-20(16(21)18-14)10-3-5-11(27-2)6-4-10/h3-6,13H,7-9H2,1-2H3/p+1. The maximum absolute atomic E-state index is 12.8. The van der Waals surface area contributed by atoms with Crippen LogP contribution in [0.1, 0.15) is 0 Å². The Morgan fingerprint density at radius 2 is 2.04 bits per heavy atom. The number of guanidine groups is 1.